The van der Waals surface area contributed by atoms with Gasteiger partial charge in [0.2, 0.25) is 0 Å². The van der Waals surface area contributed by atoms with Crippen molar-refractivity contribution in [2.75, 3.05) is 27.7 Å². The number of carbonyl (C=O) groups is 2. The Labute approximate surface area is 200 Å². The summed E-state index contributed by atoms with van der Waals surface area (Å²) in [7, 11) is 6.04. The van der Waals surface area contributed by atoms with Crippen LogP contribution in [0.3, 0.4) is 0 Å². The standard InChI is InChI=1S/C16H26N2O3.C10H7NO2/c1-17(2)18(3)13-14-9-6-7-10-15(14)21-12-8-4-5-11-16(19)20;12-7-8-3-4-9(11-6-8)10-2-1-5-13-10/h6-7,9-10H,4-5,8,11-13H2,1-3H3,(H,19,20);1-7H. The lowest BCUT2D eigenvalue weighted by atomic mass is 10.2. The summed E-state index contributed by atoms with van der Waals surface area (Å²) in [6.07, 6.45) is 6.58. The van der Waals surface area contributed by atoms with Gasteiger partial charge in [-0.1, -0.05) is 18.2 Å². The van der Waals surface area contributed by atoms with Crippen LogP contribution in [0.1, 0.15) is 41.6 Å². The summed E-state index contributed by atoms with van der Waals surface area (Å²) in [5, 5.41) is 12.7. The first-order chi connectivity index (χ1) is 16.4. The maximum absolute atomic E-state index is 10.4. The molecule has 0 unspecified atom stereocenters. The molecular weight excluding hydrogens is 434 g/mol. The van der Waals surface area contributed by atoms with Crippen LogP contribution in [0.15, 0.2) is 65.4 Å². The minimum absolute atomic E-state index is 0.240. The molecule has 0 atom stereocenters. The predicted octanol–water partition coefficient (Wildman–Crippen LogP) is 4.77. The van der Waals surface area contributed by atoms with E-state index in [0.717, 1.165) is 42.7 Å². The lowest BCUT2D eigenvalue weighted by molar-refractivity contribution is -0.137. The number of ether oxygens (including phenoxy) is 1. The fraction of sp³-hybridized carbons (Fsp3) is 0.346. The van der Waals surface area contributed by atoms with Gasteiger partial charge in [-0.25, -0.2) is 10.0 Å². The molecule has 0 fully saturated rings. The number of hydrogen-bond donors (Lipinski definition) is 1. The number of carboxylic acids is 1. The number of hydrogen-bond acceptors (Lipinski definition) is 7. The number of aliphatic carboxylic acids is 1. The number of rotatable bonds is 12. The molecule has 2 heterocycles. The fourth-order valence-electron chi connectivity index (χ4n) is 2.95. The number of carboxylic acid groups (broad SMARTS) is 1. The van der Waals surface area contributed by atoms with Crippen molar-refractivity contribution in [3.8, 4) is 17.2 Å². The number of para-hydroxylation sites is 1. The van der Waals surface area contributed by atoms with Crippen molar-refractivity contribution in [3.05, 3.63) is 72.1 Å². The van der Waals surface area contributed by atoms with Crippen LogP contribution in [0.2, 0.25) is 0 Å². The highest BCUT2D eigenvalue weighted by Gasteiger charge is 2.08. The van der Waals surface area contributed by atoms with Gasteiger partial charge in [-0.05, 0) is 49.6 Å². The number of aromatic nitrogens is 1. The molecular formula is C26H33N3O5. The SMILES string of the molecule is CN(C)N(C)Cc1ccccc1OCCCCCC(=O)O.O=Cc1ccc(-c2ccco2)nc1. The van der Waals surface area contributed by atoms with Crippen LogP contribution in [0.4, 0.5) is 0 Å². The van der Waals surface area contributed by atoms with E-state index in [9.17, 15) is 9.59 Å². The second-order valence-corrected chi connectivity index (χ2v) is 7.90. The molecule has 3 aromatic rings. The number of benzene rings is 1. The van der Waals surface area contributed by atoms with Crippen molar-refractivity contribution >= 4 is 12.3 Å². The van der Waals surface area contributed by atoms with Crippen molar-refractivity contribution in [1.82, 2.24) is 15.0 Å². The normalized spacial score (nSPS) is 10.6. The maximum atomic E-state index is 10.4. The van der Waals surface area contributed by atoms with E-state index < -0.39 is 5.97 Å². The third-order valence-electron chi connectivity index (χ3n) is 5.04. The van der Waals surface area contributed by atoms with Crippen LogP contribution in [-0.2, 0) is 11.3 Å². The Morgan fingerprint density at radius 1 is 1.06 bits per heavy atom. The molecule has 1 aromatic carbocycles. The Kier molecular flexibility index (Phi) is 11.5. The lowest BCUT2D eigenvalue weighted by Crippen LogP contribution is -2.32. The molecule has 34 heavy (non-hydrogen) atoms. The molecule has 0 saturated carbocycles. The van der Waals surface area contributed by atoms with E-state index >= 15 is 0 Å². The van der Waals surface area contributed by atoms with Crippen LogP contribution < -0.4 is 4.74 Å². The van der Waals surface area contributed by atoms with Gasteiger partial charge in [-0.2, -0.15) is 0 Å². The first-order valence-corrected chi connectivity index (χ1v) is 11.2. The van der Waals surface area contributed by atoms with E-state index in [4.69, 9.17) is 14.3 Å². The van der Waals surface area contributed by atoms with Gasteiger partial charge in [0.05, 0.1) is 12.9 Å². The molecule has 1 N–H and O–H groups in total. The number of aldehydes is 1. The van der Waals surface area contributed by atoms with Gasteiger partial charge in [-0.15, -0.1) is 0 Å². The third kappa shape index (κ3) is 9.56. The monoisotopic (exact) mass is 467 g/mol. The number of carbonyl (C=O) groups excluding carboxylic acids is 1. The van der Waals surface area contributed by atoms with E-state index in [1.807, 2.05) is 50.4 Å². The highest BCUT2D eigenvalue weighted by Crippen LogP contribution is 2.20. The highest BCUT2D eigenvalue weighted by atomic mass is 16.5. The Balaban J connectivity index is 0.000000266. The summed E-state index contributed by atoms with van der Waals surface area (Å²) >= 11 is 0. The Bertz CT molecular complexity index is 988. The van der Waals surface area contributed by atoms with Crippen LogP contribution in [0.5, 0.6) is 5.75 Å². The Hall–Kier alpha value is -3.49. The molecule has 0 aliphatic rings. The van der Waals surface area contributed by atoms with E-state index in [-0.39, 0.29) is 6.42 Å². The minimum Gasteiger partial charge on any atom is -0.493 e. The summed E-state index contributed by atoms with van der Waals surface area (Å²) in [5.74, 6) is 0.884. The summed E-state index contributed by atoms with van der Waals surface area (Å²) in [4.78, 5) is 24.8. The molecule has 0 aliphatic carbocycles. The third-order valence-corrected chi connectivity index (χ3v) is 5.04. The lowest BCUT2D eigenvalue weighted by Gasteiger charge is -2.25. The average molecular weight is 468 g/mol. The van der Waals surface area contributed by atoms with Crippen LogP contribution >= 0.6 is 0 Å². The van der Waals surface area contributed by atoms with Crippen molar-refractivity contribution in [3.63, 3.8) is 0 Å². The van der Waals surface area contributed by atoms with Gasteiger partial charge in [0, 0.05) is 51.4 Å². The van der Waals surface area contributed by atoms with Crippen molar-refractivity contribution in [2.24, 2.45) is 0 Å². The number of nitrogens with zero attached hydrogens (tertiary/aromatic N) is 3. The smallest absolute Gasteiger partial charge is 0.303 e. The maximum Gasteiger partial charge on any atom is 0.303 e. The van der Waals surface area contributed by atoms with Gasteiger partial charge in [0.1, 0.15) is 11.4 Å². The van der Waals surface area contributed by atoms with Gasteiger partial charge in [0.15, 0.2) is 12.0 Å². The zero-order valence-electron chi connectivity index (χ0n) is 20.0. The molecule has 8 heteroatoms. The van der Waals surface area contributed by atoms with Crippen molar-refractivity contribution < 1.29 is 23.8 Å². The van der Waals surface area contributed by atoms with Crippen molar-refractivity contribution in [1.29, 1.82) is 0 Å². The van der Waals surface area contributed by atoms with E-state index in [0.29, 0.717) is 24.4 Å². The second kappa shape index (κ2) is 14.6. The Morgan fingerprint density at radius 3 is 2.47 bits per heavy atom. The quantitative estimate of drug-likeness (QED) is 0.231. The number of furan rings is 1. The first kappa shape index (κ1) is 26.8. The number of pyridine rings is 1. The molecule has 0 amide bonds. The van der Waals surface area contributed by atoms with Crippen LogP contribution in [0, 0.1) is 0 Å². The molecule has 0 bridgehead atoms. The molecule has 0 spiro atoms. The summed E-state index contributed by atoms with van der Waals surface area (Å²) in [6, 6.07) is 15.1. The van der Waals surface area contributed by atoms with E-state index in [1.165, 1.54) is 6.20 Å². The number of unbranched alkanes of at least 4 members (excludes halogenated alkanes) is 2. The van der Waals surface area contributed by atoms with E-state index in [1.54, 1.807) is 24.5 Å². The molecule has 0 saturated heterocycles. The Morgan fingerprint density at radius 2 is 1.85 bits per heavy atom. The molecule has 0 aliphatic heterocycles. The predicted molar refractivity (Wildman–Crippen MR) is 131 cm³/mol. The van der Waals surface area contributed by atoms with Gasteiger partial charge >= 0.3 is 5.97 Å². The van der Waals surface area contributed by atoms with Gasteiger partial charge in [-0.3, -0.25) is 14.6 Å². The molecule has 3 rings (SSSR count). The minimum atomic E-state index is -0.729. The second-order valence-electron chi connectivity index (χ2n) is 7.90. The summed E-state index contributed by atoms with van der Waals surface area (Å²) in [6.45, 7) is 1.42. The van der Waals surface area contributed by atoms with Gasteiger partial charge in [0.25, 0.3) is 0 Å². The topological polar surface area (TPSA) is 96.1 Å². The van der Waals surface area contributed by atoms with Crippen LogP contribution in [-0.4, -0.2) is 60.1 Å². The molecule has 8 nitrogen and oxygen atoms in total. The van der Waals surface area contributed by atoms with Gasteiger partial charge < -0.3 is 14.3 Å². The summed E-state index contributed by atoms with van der Waals surface area (Å²) < 4.78 is 11.0. The molecule has 2 aromatic heterocycles. The zero-order valence-corrected chi connectivity index (χ0v) is 20.0. The van der Waals surface area contributed by atoms with Crippen molar-refractivity contribution in [2.45, 2.75) is 32.2 Å². The highest BCUT2D eigenvalue weighted by molar-refractivity contribution is 5.74. The summed E-state index contributed by atoms with van der Waals surface area (Å²) in [5.41, 5.74) is 2.45. The van der Waals surface area contributed by atoms with Crippen LogP contribution in [0.25, 0.3) is 11.5 Å². The zero-order chi connectivity index (χ0) is 24.8. The fourth-order valence-corrected chi connectivity index (χ4v) is 2.95. The molecule has 182 valence electrons. The van der Waals surface area contributed by atoms with E-state index in [2.05, 4.69) is 16.1 Å². The largest absolute Gasteiger partial charge is 0.493 e. The molecule has 0 radical (unpaired) electrons. The first-order valence-electron chi connectivity index (χ1n) is 11.2. The number of hydrazine groups is 1. The average Bonchev–Trinajstić information content (AvgIpc) is 3.37.